The Labute approximate surface area is 177 Å². The summed E-state index contributed by atoms with van der Waals surface area (Å²) in [5.74, 6) is 1.14. The average molecular weight is 496 g/mol. The minimum Gasteiger partial charge on any atom is -0.356 e. The third-order valence-electron chi connectivity index (χ3n) is 3.79. The Hall–Kier alpha value is -1.03. The van der Waals surface area contributed by atoms with Crippen LogP contribution in [-0.4, -0.2) is 38.3 Å². The molecule has 0 saturated heterocycles. The van der Waals surface area contributed by atoms with Crippen molar-refractivity contribution < 1.29 is 9.18 Å². The number of aliphatic imine (C=N–C) groups is 1. The van der Waals surface area contributed by atoms with Gasteiger partial charge in [-0.15, -0.1) is 24.0 Å². The maximum atomic E-state index is 13.4. The van der Waals surface area contributed by atoms with Crippen LogP contribution in [-0.2, 0) is 17.1 Å². The number of carbonyl (C=O) groups excluding carboxylic acids is 1. The first-order chi connectivity index (χ1) is 11.8. The fourth-order valence-corrected chi connectivity index (χ4v) is 2.82. The summed E-state index contributed by atoms with van der Waals surface area (Å²) in [6, 6.07) is 4.83. The van der Waals surface area contributed by atoms with E-state index in [2.05, 4.69) is 20.9 Å². The van der Waals surface area contributed by atoms with Crippen LogP contribution in [0.1, 0.15) is 31.9 Å². The van der Waals surface area contributed by atoms with Gasteiger partial charge in [-0.05, 0) is 50.3 Å². The number of halogens is 2. The van der Waals surface area contributed by atoms with Crippen molar-refractivity contribution in [2.75, 3.05) is 26.4 Å². The highest BCUT2D eigenvalue weighted by Gasteiger charge is 2.27. The molecule has 8 heteroatoms. The van der Waals surface area contributed by atoms with E-state index in [1.807, 2.05) is 27.0 Å². The molecule has 0 aromatic heterocycles. The number of guanidine groups is 1. The highest BCUT2D eigenvalue weighted by atomic mass is 127. The van der Waals surface area contributed by atoms with Gasteiger partial charge in [0.1, 0.15) is 5.82 Å². The number of rotatable bonds is 8. The molecular formula is C18H30FIN4OS. The van der Waals surface area contributed by atoms with Crippen molar-refractivity contribution in [2.45, 2.75) is 33.1 Å². The zero-order valence-corrected chi connectivity index (χ0v) is 19.3. The molecule has 3 N–H and O–H groups in total. The summed E-state index contributed by atoms with van der Waals surface area (Å²) >= 11 is 1.65. The molecule has 0 fully saturated rings. The van der Waals surface area contributed by atoms with Crippen molar-refractivity contribution in [3.63, 3.8) is 0 Å². The van der Waals surface area contributed by atoms with Gasteiger partial charge in [-0.25, -0.2) is 4.39 Å². The smallest absolute Gasteiger partial charge is 0.227 e. The predicted octanol–water partition coefficient (Wildman–Crippen LogP) is 3.13. The number of amides is 1. The van der Waals surface area contributed by atoms with Crippen LogP contribution in [0.5, 0.6) is 0 Å². The topological polar surface area (TPSA) is 65.5 Å². The fraction of sp³-hybridized carbons (Fsp3) is 0.556. The third kappa shape index (κ3) is 8.11. The number of thioether (sulfide) groups is 1. The SMILES string of the molecule is CCNC(=O)C(C)(C)CNC(=NC)NCc1ccc(F)cc1CSC.I. The first-order valence-electron chi connectivity index (χ1n) is 8.33. The monoisotopic (exact) mass is 496 g/mol. The van der Waals surface area contributed by atoms with Gasteiger partial charge in [0.25, 0.3) is 0 Å². The number of carbonyl (C=O) groups is 1. The minimum atomic E-state index is -0.548. The standard InChI is InChI=1S/C18H29FN4OS.HI/c1-6-21-16(24)18(2,3)12-23-17(20-4)22-10-13-7-8-15(19)9-14(13)11-25-5;/h7-9H,6,10-12H2,1-5H3,(H,21,24)(H2,20,22,23);1H. The summed E-state index contributed by atoms with van der Waals surface area (Å²) < 4.78 is 13.4. The first-order valence-corrected chi connectivity index (χ1v) is 9.72. The molecule has 5 nitrogen and oxygen atoms in total. The van der Waals surface area contributed by atoms with Crippen LogP contribution < -0.4 is 16.0 Å². The van der Waals surface area contributed by atoms with Crippen LogP contribution in [0.2, 0.25) is 0 Å². The number of benzene rings is 1. The van der Waals surface area contributed by atoms with Crippen molar-refractivity contribution in [2.24, 2.45) is 10.4 Å². The van der Waals surface area contributed by atoms with Crippen molar-refractivity contribution in [1.82, 2.24) is 16.0 Å². The molecule has 0 aliphatic heterocycles. The third-order valence-corrected chi connectivity index (χ3v) is 4.39. The highest BCUT2D eigenvalue weighted by Crippen LogP contribution is 2.17. The summed E-state index contributed by atoms with van der Waals surface area (Å²) in [5.41, 5.74) is 1.45. The first kappa shape index (κ1) is 25.0. The van der Waals surface area contributed by atoms with Crippen LogP contribution in [0.4, 0.5) is 4.39 Å². The van der Waals surface area contributed by atoms with E-state index in [-0.39, 0.29) is 35.7 Å². The second-order valence-electron chi connectivity index (χ2n) is 6.37. The molecule has 1 amide bonds. The molecule has 0 heterocycles. The Kier molecular flexibility index (Phi) is 11.9. The van der Waals surface area contributed by atoms with Gasteiger partial charge in [-0.2, -0.15) is 11.8 Å². The van der Waals surface area contributed by atoms with Gasteiger partial charge in [0.2, 0.25) is 5.91 Å². The van der Waals surface area contributed by atoms with Crippen LogP contribution in [0, 0.1) is 11.2 Å². The summed E-state index contributed by atoms with van der Waals surface area (Å²) in [6.45, 7) is 7.27. The Balaban J connectivity index is 0.00000625. The maximum Gasteiger partial charge on any atom is 0.227 e. The lowest BCUT2D eigenvalue weighted by Crippen LogP contribution is -2.47. The van der Waals surface area contributed by atoms with Crippen molar-refractivity contribution in [3.05, 3.63) is 35.1 Å². The highest BCUT2D eigenvalue weighted by molar-refractivity contribution is 14.0. The van der Waals surface area contributed by atoms with Gasteiger partial charge in [-0.1, -0.05) is 6.07 Å². The summed E-state index contributed by atoms with van der Waals surface area (Å²) in [6.07, 6.45) is 1.99. The molecule has 0 radical (unpaired) electrons. The van der Waals surface area contributed by atoms with E-state index in [9.17, 15) is 9.18 Å². The lowest BCUT2D eigenvalue weighted by molar-refractivity contribution is -0.128. The molecule has 0 aliphatic rings. The molecule has 0 spiro atoms. The van der Waals surface area contributed by atoms with Gasteiger partial charge in [0, 0.05) is 32.4 Å². The molecule has 0 bridgehead atoms. The van der Waals surface area contributed by atoms with E-state index in [1.54, 1.807) is 30.9 Å². The van der Waals surface area contributed by atoms with Crippen LogP contribution >= 0.6 is 35.7 Å². The fourth-order valence-electron chi connectivity index (χ4n) is 2.24. The zero-order chi connectivity index (χ0) is 18.9. The predicted molar refractivity (Wildman–Crippen MR) is 120 cm³/mol. The van der Waals surface area contributed by atoms with E-state index in [0.717, 1.165) is 16.9 Å². The van der Waals surface area contributed by atoms with Crippen molar-refractivity contribution in [3.8, 4) is 0 Å². The number of nitrogens with zero attached hydrogens (tertiary/aromatic N) is 1. The number of hydrogen-bond acceptors (Lipinski definition) is 3. The lowest BCUT2D eigenvalue weighted by atomic mass is 9.92. The number of nitrogens with one attached hydrogen (secondary N) is 3. The molecule has 0 unspecified atom stereocenters. The Morgan fingerprint density at radius 3 is 2.50 bits per heavy atom. The minimum absolute atomic E-state index is 0. The Morgan fingerprint density at radius 2 is 1.92 bits per heavy atom. The van der Waals surface area contributed by atoms with E-state index < -0.39 is 5.41 Å². The van der Waals surface area contributed by atoms with Crippen molar-refractivity contribution in [1.29, 1.82) is 0 Å². The lowest BCUT2D eigenvalue weighted by Gasteiger charge is -2.25. The normalized spacial score (nSPS) is 11.5. The Bertz CT molecular complexity index is 611. The van der Waals surface area contributed by atoms with E-state index >= 15 is 0 Å². The zero-order valence-electron chi connectivity index (χ0n) is 16.1. The quantitative estimate of drug-likeness (QED) is 0.294. The maximum absolute atomic E-state index is 13.4. The molecule has 0 saturated carbocycles. The van der Waals surface area contributed by atoms with Crippen LogP contribution in [0.25, 0.3) is 0 Å². The van der Waals surface area contributed by atoms with Gasteiger partial charge in [0.15, 0.2) is 5.96 Å². The summed E-state index contributed by atoms with van der Waals surface area (Å²) in [7, 11) is 1.68. The summed E-state index contributed by atoms with van der Waals surface area (Å²) in [4.78, 5) is 16.2. The van der Waals surface area contributed by atoms with E-state index in [0.29, 0.717) is 25.6 Å². The second kappa shape index (κ2) is 12.4. The molecule has 1 aromatic rings. The van der Waals surface area contributed by atoms with E-state index in [1.165, 1.54) is 6.07 Å². The van der Waals surface area contributed by atoms with Crippen LogP contribution in [0.3, 0.4) is 0 Å². The molecule has 0 aliphatic carbocycles. The Morgan fingerprint density at radius 1 is 1.23 bits per heavy atom. The molecular weight excluding hydrogens is 466 g/mol. The molecule has 0 atom stereocenters. The largest absolute Gasteiger partial charge is 0.356 e. The average Bonchev–Trinajstić information content (AvgIpc) is 2.57. The van der Waals surface area contributed by atoms with Gasteiger partial charge < -0.3 is 16.0 Å². The van der Waals surface area contributed by atoms with Gasteiger partial charge in [0.05, 0.1) is 5.41 Å². The van der Waals surface area contributed by atoms with Crippen LogP contribution in [0.15, 0.2) is 23.2 Å². The van der Waals surface area contributed by atoms with Crippen molar-refractivity contribution >= 4 is 47.6 Å². The molecule has 1 rings (SSSR count). The van der Waals surface area contributed by atoms with Gasteiger partial charge in [-0.3, -0.25) is 9.79 Å². The number of hydrogen-bond donors (Lipinski definition) is 3. The second-order valence-corrected chi connectivity index (χ2v) is 7.23. The van der Waals surface area contributed by atoms with Gasteiger partial charge >= 0.3 is 0 Å². The molecule has 148 valence electrons. The molecule has 1 aromatic carbocycles. The molecule has 26 heavy (non-hydrogen) atoms. The van der Waals surface area contributed by atoms with E-state index in [4.69, 9.17) is 0 Å². The summed E-state index contributed by atoms with van der Waals surface area (Å²) in [5, 5.41) is 9.24.